The molecule has 4 aliphatic rings. The average Bonchev–Trinajstić information content (AvgIpc) is 2.90. The van der Waals surface area contributed by atoms with Crippen LogP contribution in [-0.2, 0) is 14.9 Å². The van der Waals surface area contributed by atoms with Crippen LogP contribution in [0.4, 0.5) is 0 Å². The number of carbonyl (C=O) groups is 1. The minimum absolute atomic E-state index is 0.0202. The highest BCUT2D eigenvalue weighted by molar-refractivity contribution is 5.89. The van der Waals surface area contributed by atoms with Gasteiger partial charge in [0, 0.05) is 22.8 Å². The molecule has 7 rings (SSSR count). The van der Waals surface area contributed by atoms with E-state index in [1.54, 1.807) is 42.5 Å². The molecule has 7 nitrogen and oxygen atoms in total. The van der Waals surface area contributed by atoms with Gasteiger partial charge >= 0.3 is 5.97 Å². The molecule has 1 saturated carbocycles. The molecule has 3 aromatic carbocycles. The lowest BCUT2D eigenvalue weighted by Gasteiger charge is -2.58. The van der Waals surface area contributed by atoms with Crippen LogP contribution in [-0.4, -0.2) is 31.5 Å². The minimum atomic E-state index is -0.803. The topological polar surface area (TPSA) is 127 Å². The number of hydrogen-bond donors (Lipinski definition) is 5. The Morgan fingerprint density at radius 2 is 1.46 bits per heavy atom. The summed E-state index contributed by atoms with van der Waals surface area (Å²) in [5.74, 6) is 0.126. The molecule has 2 aliphatic heterocycles. The number of aromatic hydroxyl groups is 5. The number of benzene rings is 3. The maximum atomic E-state index is 12.9. The van der Waals surface area contributed by atoms with E-state index >= 15 is 0 Å². The van der Waals surface area contributed by atoms with Crippen molar-refractivity contribution in [1.29, 1.82) is 0 Å². The Hall–Kier alpha value is -4.13. The first kappa shape index (κ1) is 28.4. The lowest BCUT2D eigenvalue weighted by molar-refractivity contribution is -0.185. The lowest BCUT2D eigenvalue weighted by atomic mass is 9.47. The number of hydrogen-bond acceptors (Lipinski definition) is 7. The number of carbonyl (C=O) groups excluding carboxylic acids is 1. The lowest BCUT2D eigenvalue weighted by Crippen LogP contribution is -2.59. The molecule has 3 unspecified atom stereocenters. The Kier molecular flexibility index (Phi) is 7.18. The molecule has 3 atom stereocenters. The van der Waals surface area contributed by atoms with Crippen LogP contribution >= 0.6 is 0 Å². The number of rotatable bonds is 3. The first-order chi connectivity index (χ1) is 19.3. The third kappa shape index (κ3) is 4.98. The number of esters is 1. The van der Waals surface area contributed by atoms with Gasteiger partial charge in [-0.1, -0.05) is 58.4 Å². The van der Waals surface area contributed by atoms with Gasteiger partial charge in [0.1, 0.15) is 28.8 Å². The van der Waals surface area contributed by atoms with E-state index in [0.29, 0.717) is 17.5 Å². The van der Waals surface area contributed by atoms with Gasteiger partial charge in [0.15, 0.2) is 11.5 Å². The molecule has 1 saturated heterocycles. The van der Waals surface area contributed by atoms with E-state index < -0.39 is 5.41 Å². The smallest absolute Gasteiger partial charge is 0.317 e. The van der Waals surface area contributed by atoms with Gasteiger partial charge in [0.05, 0.1) is 0 Å². The van der Waals surface area contributed by atoms with E-state index in [2.05, 4.69) is 13.8 Å². The molecule has 5 N–H and O–H groups in total. The third-order valence-electron chi connectivity index (χ3n) is 9.03. The Labute approximate surface area is 240 Å². The van der Waals surface area contributed by atoms with Gasteiger partial charge in [0.25, 0.3) is 0 Å². The van der Waals surface area contributed by atoms with Crippen LogP contribution in [0.25, 0.3) is 12.2 Å². The fraction of sp³-hybridized carbons (Fsp3) is 0.382. The van der Waals surface area contributed by atoms with Crippen molar-refractivity contribution in [3.05, 3.63) is 76.3 Å². The predicted molar refractivity (Wildman–Crippen MR) is 157 cm³/mol. The highest BCUT2D eigenvalue weighted by Crippen LogP contribution is 2.66. The molecular formula is C34H38O7. The summed E-state index contributed by atoms with van der Waals surface area (Å²) >= 11 is 0. The maximum absolute atomic E-state index is 12.9. The Bertz CT molecular complexity index is 1480. The van der Waals surface area contributed by atoms with E-state index in [4.69, 9.17) is 9.84 Å². The van der Waals surface area contributed by atoms with Gasteiger partial charge in [-0.05, 0) is 78.0 Å². The van der Waals surface area contributed by atoms with Gasteiger partial charge in [-0.2, -0.15) is 0 Å². The van der Waals surface area contributed by atoms with Crippen molar-refractivity contribution in [2.24, 2.45) is 11.3 Å². The molecule has 0 aromatic heterocycles. The van der Waals surface area contributed by atoms with Crippen molar-refractivity contribution in [2.75, 3.05) is 0 Å². The first-order valence-electron chi connectivity index (χ1n) is 14.1. The summed E-state index contributed by atoms with van der Waals surface area (Å²) in [6.07, 6.45) is 6.79. The quantitative estimate of drug-likeness (QED) is 0.130. The van der Waals surface area contributed by atoms with Gasteiger partial charge in [-0.15, -0.1) is 0 Å². The molecule has 0 radical (unpaired) electrons. The van der Waals surface area contributed by atoms with Crippen LogP contribution in [0, 0.1) is 11.3 Å². The summed E-state index contributed by atoms with van der Waals surface area (Å²) in [5.41, 5.74) is 3.12. The Balaban J connectivity index is 0.000000175. The molecule has 1 spiro atoms. The van der Waals surface area contributed by atoms with Crippen LogP contribution < -0.4 is 0 Å². The van der Waals surface area contributed by atoms with Crippen molar-refractivity contribution in [1.82, 2.24) is 0 Å². The summed E-state index contributed by atoms with van der Waals surface area (Å²) in [7, 11) is 0. The first-order valence-corrected chi connectivity index (χ1v) is 14.1. The fourth-order valence-electron chi connectivity index (χ4n) is 7.05. The molecule has 7 heteroatoms. The zero-order chi connectivity index (χ0) is 29.7. The van der Waals surface area contributed by atoms with Crippen LogP contribution in [0.2, 0.25) is 0 Å². The highest BCUT2D eigenvalue weighted by atomic mass is 16.5. The molecule has 2 heterocycles. The monoisotopic (exact) mass is 558 g/mol. The molecular weight excluding hydrogens is 520 g/mol. The second-order valence-electron chi connectivity index (χ2n) is 12.5. The van der Waals surface area contributed by atoms with Crippen molar-refractivity contribution in [3.63, 3.8) is 0 Å². The molecule has 3 aromatic rings. The van der Waals surface area contributed by atoms with Crippen LogP contribution in [0.3, 0.4) is 0 Å². The molecule has 0 amide bonds. The predicted octanol–water partition coefficient (Wildman–Crippen LogP) is 7.26. The van der Waals surface area contributed by atoms with E-state index in [1.165, 1.54) is 6.07 Å². The summed E-state index contributed by atoms with van der Waals surface area (Å²) in [5, 5.41) is 49.1. The van der Waals surface area contributed by atoms with Crippen molar-refractivity contribution >= 4 is 18.1 Å². The molecule has 2 aliphatic carbocycles. The zero-order valence-electron chi connectivity index (χ0n) is 23.9. The number of fused-ring (bicyclic) bond motifs is 1. The van der Waals surface area contributed by atoms with Gasteiger partial charge in [-0.25, -0.2) is 0 Å². The highest BCUT2D eigenvalue weighted by Gasteiger charge is 2.65. The van der Waals surface area contributed by atoms with Crippen LogP contribution in [0.1, 0.15) is 93.2 Å². The zero-order valence-corrected chi connectivity index (χ0v) is 23.9. The van der Waals surface area contributed by atoms with Crippen molar-refractivity contribution < 1.29 is 35.1 Å². The largest absolute Gasteiger partial charge is 0.508 e. The average molecular weight is 559 g/mol. The second kappa shape index (κ2) is 10.4. The number of phenolic OH excluding ortho intramolecular Hbond substituents is 5. The number of ether oxygens (including phenoxy) is 1. The Morgan fingerprint density at radius 3 is 2.10 bits per heavy atom. The summed E-state index contributed by atoms with van der Waals surface area (Å²) in [4.78, 5) is 12.9. The normalized spacial score (nSPS) is 23.9. The van der Waals surface area contributed by atoms with Crippen molar-refractivity contribution in [3.8, 4) is 28.7 Å². The molecule has 216 valence electrons. The summed E-state index contributed by atoms with van der Waals surface area (Å²) in [6.45, 7) is 8.40. The van der Waals surface area contributed by atoms with E-state index in [0.717, 1.165) is 36.0 Å². The standard InChI is InChI=1S/C20H26O4.C14H12O3/c1-10(2)11-8-12-13-9-14-19(3,4)6-5-7-20(14,18(23)24-13)15(12)17(22)16(11)21;15-12-5-3-10(4-6-12)1-2-11-7-13(16)9-14(17)8-11/h8,10,13-14,21-22H,5-7,9H2,1-4H3;1-9,15-17H/b;2-1+. The second-order valence-corrected chi connectivity index (χ2v) is 12.5. The molecule has 41 heavy (non-hydrogen) atoms. The Morgan fingerprint density at radius 1 is 0.829 bits per heavy atom. The molecule has 2 fully saturated rings. The maximum Gasteiger partial charge on any atom is 0.317 e. The van der Waals surface area contributed by atoms with Gasteiger partial charge in [0.2, 0.25) is 0 Å². The van der Waals surface area contributed by atoms with E-state index in [9.17, 15) is 25.2 Å². The van der Waals surface area contributed by atoms with Crippen LogP contribution in [0.5, 0.6) is 28.7 Å². The summed E-state index contributed by atoms with van der Waals surface area (Å²) in [6, 6.07) is 13.1. The summed E-state index contributed by atoms with van der Waals surface area (Å²) < 4.78 is 5.76. The fourth-order valence-corrected chi connectivity index (χ4v) is 7.05. The van der Waals surface area contributed by atoms with E-state index in [-0.39, 0.29) is 58.1 Å². The van der Waals surface area contributed by atoms with Gasteiger partial charge < -0.3 is 30.3 Å². The minimum Gasteiger partial charge on any atom is -0.508 e. The van der Waals surface area contributed by atoms with Gasteiger partial charge in [-0.3, -0.25) is 4.79 Å². The van der Waals surface area contributed by atoms with Crippen molar-refractivity contribution in [2.45, 2.75) is 70.8 Å². The number of phenols is 5. The van der Waals surface area contributed by atoms with E-state index in [1.807, 2.05) is 26.0 Å². The van der Waals surface area contributed by atoms with Crippen LogP contribution in [0.15, 0.2) is 48.5 Å². The molecule has 2 bridgehead atoms. The third-order valence-corrected chi connectivity index (χ3v) is 9.03. The SMILES string of the molecule is CC(C)c1cc2c(c(O)c1O)C13CCCC(C)(C)C1CC2OC3=O.Oc1ccc(/C=C/c2cc(O)cc(O)c2)cc1.